The van der Waals surface area contributed by atoms with Crippen LogP contribution < -0.4 is 10.9 Å². The van der Waals surface area contributed by atoms with Crippen molar-refractivity contribution < 1.29 is 14.1 Å². The third kappa shape index (κ3) is 5.80. The molecule has 5 aromatic heterocycles. The summed E-state index contributed by atoms with van der Waals surface area (Å²) < 4.78 is 8.11. The van der Waals surface area contributed by atoms with Crippen molar-refractivity contribution in [1.82, 2.24) is 24.5 Å². The lowest BCUT2D eigenvalue weighted by Gasteiger charge is -2.18. The maximum atomic E-state index is 13.4. The maximum Gasteiger partial charge on any atom is 0.254 e. The van der Waals surface area contributed by atoms with Crippen molar-refractivity contribution in [3.8, 4) is 22.6 Å². The average Bonchev–Trinajstić information content (AvgIpc) is 3.69. The summed E-state index contributed by atoms with van der Waals surface area (Å²) in [5.41, 5.74) is 0.758. The first kappa shape index (κ1) is 27.2. The number of thiophene rings is 1. The highest BCUT2D eigenvalue weighted by Crippen LogP contribution is 2.29. The fraction of sp³-hybridized carbons (Fsp3) is 0.214. The summed E-state index contributed by atoms with van der Waals surface area (Å²) in [6.45, 7) is 5.61. The molecular formula is C28H25ClN6O4S. The molecule has 5 rings (SSSR count). The van der Waals surface area contributed by atoms with E-state index < -0.39 is 11.0 Å². The number of Topliss-reactive ketones (excluding diaryl/α,β-unsaturated/α-hetero) is 1. The predicted molar refractivity (Wildman–Crippen MR) is 153 cm³/mol. The molecule has 0 aromatic carbocycles. The lowest BCUT2D eigenvalue weighted by molar-refractivity contribution is 0.0752. The van der Waals surface area contributed by atoms with Crippen molar-refractivity contribution in [1.29, 1.82) is 0 Å². The Bertz CT molecular complexity index is 1730. The number of aromatic nitrogens is 5. The molecule has 12 heteroatoms. The first-order chi connectivity index (χ1) is 19.1. The van der Waals surface area contributed by atoms with Crippen LogP contribution in [0.2, 0.25) is 4.34 Å². The van der Waals surface area contributed by atoms with Gasteiger partial charge in [0, 0.05) is 40.3 Å². The van der Waals surface area contributed by atoms with Crippen LogP contribution in [-0.2, 0) is 13.1 Å². The van der Waals surface area contributed by atoms with Gasteiger partial charge in [0.15, 0.2) is 5.69 Å². The zero-order valence-electron chi connectivity index (χ0n) is 21.9. The lowest BCUT2D eigenvalue weighted by atomic mass is 9.96. The van der Waals surface area contributed by atoms with E-state index in [4.69, 9.17) is 16.1 Å². The quantitative estimate of drug-likeness (QED) is 0.235. The van der Waals surface area contributed by atoms with E-state index in [1.807, 2.05) is 32.9 Å². The van der Waals surface area contributed by atoms with Crippen molar-refractivity contribution in [2.24, 2.45) is 5.41 Å². The third-order valence-electron chi connectivity index (χ3n) is 5.99. The van der Waals surface area contributed by atoms with Crippen LogP contribution in [0.4, 0.5) is 5.82 Å². The molecule has 0 spiro atoms. The second-order valence-electron chi connectivity index (χ2n) is 10.0. The van der Waals surface area contributed by atoms with Gasteiger partial charge in [-0.2, -0.15) is 9.78 Å². The van der Waals surface area contributed by atoms with Gasteiger partial charge in [-0.3, -0.25) is 23.9 Å². The molecule has 0 saturated carbocycles. The number of ketones is 1. The van der Waals surface area contributed by atoms with E-state index in [0.29, 0.717) is 39.3 Å². The zero-order valence-corrected chi connectivity index (χ0v) is 23.5. The molecule has 10 nitrogen and oxygen atoms in total. The number of nitrogens with one attached hydrogen (secondary N) is 1. The molecule has 0 saturated heterocycles. The molecule has 5 heterocycles. The monoisotopic (exact) mass is 576 g/mol. The van der Waals surface area contributed by atoms with Crippen LogP contribution >= 0.6 is 22.9 Å². The molecule has 0 aliphatic carbocycles. The summed E-state index contributed by atoms with van der Waals surface area (Å²) in [7, 11) is 0. The summed E-state index contributed by atoms with van der Waals surface area (Å²) in [6, 6.07) is 15.3. The number of halogens is 1. The van der Waals surface area contributed by atoms with Crippen LogP contribution in [0.1, 0.15) is 40.9 Å². The predicted octanol–water partition coefficient (Wildman–Crippen LogP) is 5.66. The molecule has 40 heavy (non-hydrogen) atoms. The summed E-state index contributed by atoms with van der Waals surface area (Å²) in [5, 5.41) is 11.6. The largest absolute Gasteiger partial charge is 0.365 e. The van der Waals surface area contributed by atoms with E-state index >= 15 is 0 Å². The molecular weight excluding hydrogens is 552 g/mol. The van der Waals surface area contributed by atoms with Gasteiger partial charge in [0.05, 0.1) is 34.5 Å². The van der Waals surface area contributed by atoms with E-state index in [1.165, 1.54) is 39.0 Å². The van der Waals surface area contributed by atoms with Gasteiger partial charge in [0.1, 0.15) is 12.1 Å². The minimum absolute atomic E-state index is 0.116. The molecule has 0 amide bonds. The third-order valence-corrected chi connectivity index (χ3v) is 7.22. The van der Waals surface area contributed by atoms with Crippen molar-refractivity contribution in [2.75, 3.05) is 5.32 Å². The van der Waals surface area contributed by atoms with Crippen LogP contribution in [0.5, 0.6) is 0 Å². The Kier molecular flexibility index (Phi) is 7.51. The van der Waals surface area contributed by atoms with E-state index in [1.54, 1.807) is 36.5 Å². The van der Waals surface area contributed by atoms with Crippen molar-refractivity contribution >= 4 is 40.4 Å². The first-order valence-electron chi connectivity index (χ1n) is 12.3. The molecule has 0 unspecified atom stereocenters. The SMILES string of the molecule is CC(C)(C)C(=O)n1nc(-c2cc(-c3ccccn3)n(CC(=O)c3ccon3)c(=O)c2)cc1NCc1ccc(Cl)s1. The Morgan fingerprint density at radius 1 is 1.07 bits per heavy atom. The van der Waals surface area contributed by atoms with Gasteiger partial charge in [-0.1, -0.05) is 43.6 Å². The minimum Gasteiger partial charge on any atom is -0.365 e. The standard InChI is InChI=1S/C28H25ClN6O4S/c1-28(2,3)27(38)35-25(31-15-18-7-8-24(29)40-18)14-21(32-35)17-12-22(19-6-4-5-10-30-19)34(26(37)13-17)16-23(36)20-9-11-39-33-20/h4-14,31H,15-16H2,1-3H3. The summed E-state index contributed by atoms with van der Waals surface area (Å²) >= 11 is 7.51. The Morgan fingerprint density at radius 2 is 1.90 bits per heavy atom. The topological polar surface area (TPSA) is 125 Å². The summed E-state index contributed by atoms with van der Waals surface area (Å²) in [5.74, 6) is -0.132. The molecule has 0 bridgehead atoms. The van der Waals surface area contributed by atoms with Crippen LogP contribution in [0.25, 0.3) is 22.6 Å². The van der Waals surface area contributed by atoms with Gasteiger partial charge >= 0.3 is 0 Å². The minimum atomic E-state index is -0.712. The van der Waals surface area contributed by atoms with E-state index in [-0.39, 0.29) is 23.9 Å². The molecule has 5 aromatic rings. The highest BCUT2D eigenvalue weighted by Gasteiger charge is 2.27. The second kappa shape index (κ2) is 11.0. The number of hydrogen-bond acceptors (Lipinski definition) is 9. The van der Waals surface area contributed by atoms with Gasteiger partial charge in [0.25, 0.3) is 11.5 Å². The van der Waals surface area contributed by atoms with Crippen molar-refractivity contribution in [3.05, 3.63) is 92.3 Å². The number of anilines is 1. The van der Waals surface area contributed by atoms with E-state index in [9.17, 15) is 14.4 Å². The normalized spacial score (nSPS) is 11.5. The van der Waals surface area contributed by atoms with Crippen molar-refractivity contribution in [3.63, 3.8) is 0 Å². The van der Waals surface area contributed by atoms with Gasteiger partial charge < -0.3 is 9.84 Å². The zero-order chi connectivity index (χ0) is 28.4. The fourth-order valence-electron chi connectivity index (χ4n) is 3.96. The second-order valence-corrected chi connectivity index (χ2v) is 11.8. The maximum absolute atomic E-state index is 13.4. The Labute approximate surface area is 238 Å². The lowest BCUT2D eigenvalue weighted by Crippen LogP contribution is -2.29. The first-order valence-corrected chi connectivity index (χ1v) is 13.5. The highest BCUT2D eigenvalue weighted by molar-refractivity contribution is 7.16. The molecule has 0 aliphatic heterocycles. The molecule has 0 atom stereocenters. The number of carbonyl (C=O) groups is 2. The van der Waals surface area contributed by atoms with Gasteiger partial charge in [-0.15, -0.1) is 11.3 Å². The molecule has 204 valence electrons. The Balaban J connectivity index is 1.58. The summed E-state index contributed by atoms with van der Waals surface area (Å²) in [4.78, 5) is 44.9. The Hall–Kier alpha value is -4.35. The average molecular weight is 577 g/mol. The molecule has 0 fully saturated rings. The van der Waals surface area contributed by atoms with Gasteiger partial charge in [-0.25, -0.2) is 0 Å². The van der Waals surface area contributed by atoms with Gasteiger partial charge in [-0.05, 0) is 30.3 Å². The van der Waals surface area contributed by atoms with Crippen LogP contribution in [0.15, 0.2) is 76.4 Å². The number of rotatable bonds is 8. The van der Waals surface area contributed by atoms with E-state index in [0.717, 1.165) is 4.88 Å². The number of hydrogen-bond donors (Lipinski definition) is 1. The molecule has 1 N–H and O–H groups in total. The van der Waals surface area contributed by atoms with Crippen LogP contribution in [-0.4, -0.2) is 36.2 Å². The van der Waals surface area contributed by atoms with Crippen LogP contribution in [0, 0.1) is 5.41 Å². The fourth-order valence-corrected chi connectivity index (χ4v) is 4.99. The Morgan fingerprint density at radius 3 is 2.55 bits per heavy atom. The number of carbonyl (C=O) groups excluding carboxylic acids is 2. The van der Waals surface area contributed by atoms with Crippen LogP contribution in [0.3, 0.4) is 0 Å². The molecule has 0 radical (unpaired) electrons. The van der Waals surface area contributed by atoms with Crippen molar-refractivity contribution in [2.45, 2.75) is 33.9 Å². The van der Waals surface area contributed by atoms with E-state index in [2.05, 4.69) is 20.6 Å². The smallest absolute Gasteiger partial charge is 0.254 e. The number of nitrogens with zero attached hydrogens (tertiary/aromatic N) is 5. The molecule has 0 aliphatic rings. The highest BCUT2D eigenvalue weighted by atomic mass is 35.5. The number of pyridine rings is 2. The van der Waals surface area contributed by atoms with Gasteiger partial charge in [0.2, 0.25) is 5.78 Å². The summed E-state index contributed by atoms with van der Waals surface area (Å²) in [6.07, 6.45) is 2.90.